The van der Waals surface area contributed by atoms with Crippen LogP contribution in [0.1, 0.15) is 46.5 Å². The van der Waals surface area contributed by atoms with Gasteiger partial charge in [0.1, 0.15) is 43.0 Å². The summed E-state index contributed by atoms with van der Waals surface area (Å²) in [4.78, 5) is 23.6. The van der Waals surface area contributed by atoms with E-state index in [2.05, 4.69) is 0 Å². The first kappa shape index (κ1) is 26.6. The first-order valence-corrected chi connectivity index (χ1v) is 11.3. The summed E-state index contributed by atoms with van der Waals surface area (Å²) in [5, 5.41) is 39.3. The first-order valence-electron chi connectivity index (χ1n) is 11.3. The molecular formula is C25H30O10. The van der Waals surface area contributed by atoms with E-state index in [-0.39, 0.29) is 24.5 Å². The Morgan fingerprint density at radius 2 is 1.80 bits per heavy atom. The zero-order chi connectivity index (χ0) is 25.5. The van der Waals surface area contributed by atoms with Crippen LogP contribution in [0.2, 0.25) is 0 Å². The van der Waals surface area contributed by atoms with Crippen LogP contribution in [-0.2, 0) is 16.1 Å². The molecule has 6 atom stereocenters. The number of aldehydes is 1. The van der Waals surface area contributed by atoms with Crippen LogP contribution >= 0.6 is 0 Å². The first-order chi connectivity index (χ1) is 16.7. The Morgan fingerprint density at radius 1 is 1.09 bits per heavy atom. The molecule has 1 saturated heterocycles. The van der Waals surface area contributed by atoms with Gasteiger partial charge in [-0.2, -0.15) is 0 Å². The number of hydrogen-bond acceptors (Lipinski definition) is 10. The molecule has 0 spiro atoms. The molecule has 190 valence electrons. The van der Waals surface area contributed by atoms with Gasteiger partial charge in [-0.15, -0.1) is 0 Å². The van der Waals surface area contributed by atoms with Crippen molar-refractivity contribution in [1.82, 2.24) is 0 Å². The van der Waals surface area contributed by atoms with E-state index in [1.165, 1.54) is 19.1 Å². The highest BCUT2D eigenvalue weighted by Crippen LogP contribution is 2.28. The average Bonchev–Trinajstić information content (AvgIpc) is 2.88. The number of ether oxygens (including phenoxy) is 4. The summed E-state index contributed by atoms with van der Waals surface area (Å²) in [5.41, 5.74) is 1.25. The minimum Gasteiger partial charge on any atom is -0.489 e. The lowest BCUT2D eigenvalue weighted by molar-refractivity contribution is -0.268. The summed E-state index contributed by atoms with van der Waals surface area (Å²) in [6.45, 7) is 3.42. The van der Waals surface area contributed by atoms with Gasteiger partial charge < -0.3 is 39.4 Å². The number of aliphatic hydroxyl groups is 4. The summed E-state index contributed by atoms with van der Waals surface area (Å²) in [6.07, 6.45) is -5.92. The molecule has 1 aliphatic rings. The van der Waals surface area contributed by atoms with Gasteiger partial charge in [-0.05, 0) is 49.2 Å². The Labute approximate surface area is 202 Å². The molecule has 2 aromatic rings. The van der Waals surface area contributed by atoms with Gasteiger partial charge in [-0.3, -0.25) is 4.79 Å². The lowest BCUT2D eigenvalue weighted by Crippen LogP contribution is -2.58. The fraction of sp³-hybridized carbons (Fsp3) is 0.440. The maximum atomic E-state index is 12.0. The van der Waals surface area contributed by atoms with E-state index < -0.39 is 42.8 Å². The number of carbonyl (C=O) groups excluding carboxylic acids is 2. The average molecular weight is 491 g/mol. The Hall–Kier alpha value is -3.02. The summed E-state index contributed by atoms with van der Waals surface area (Å²) >= 11 is 0. The summed E-state index contributed by atoms with van der Waals surface area (Å²) in [7, 11) is 0. The van der Waals surface area contributed by atoms with Crippen LogP contribution in [0, 0.1) is 0 Å². The molecule has 3 rings (SSSR count). The monoisotopic (exact) mass is 490 g/mol. The lowest BCUT2D eigenvalue weighted by atomic mass is 10.00. The minimum absolute atomic E-state index is 0.0631. The molecule has 10 nitrogen and oxygen atoms in total. The van der Waals surface area contributed by atoms with Crippen molar-refractivity contribution in [3.05, 3.63) is 59.2 Å². The van der Waals surface area contributed by atoms with E-state index in [1.807, 2.05) is 0 Å². The van der Waals surface area contributed by atoms with Gasteiger partial charge in [-0.1, -0.05) is 19.1 Å². The Kier molecular flexibility index (Phi) is 9.19. The number of carbonyl (C=O) groups is 2. The van der Waals surface area contributed by atoms with Crippen LogP contribution in [0.25, 0.3) is 0 Å². The molecule has 0 aliphatic carbocycles. The Bertz CT molecular complexity index is 992. The third-order valence-electron chi connectivity index (χ3n) is 5.63. The van der Waals surface area contributed by atoms with Crippen molar-refractivity contribution in [3.8, 4) is 11.5 Å². The summed E-state index contributed by atoms with van der Waals surface area (Å²) in [5.74, 6) is -0.0339. The van der Waals surface area contributed by atoms with E-state index in [1.54, 1.807) is 37.3 Å². The van der Waals surface area contributed by atoms with Crippen molar-refractivity contribution in [1.29, 1.82) is 0 Å². The van der Waals surface area contributed by atoms with Gasteiger partial charge in [0.25, 0.3) is 0 Å². The third kappa shape index (κ3) is 6.77. The van der Waals surface area contributed by atoms with Crippen LogP contribution in [0.4, 0.5) is 0 Å². The van der Waals surface area contributed by atoms with Crippen LogP contribution < -0.4 is 9.47 Å². The second-order valence-electron chi connectivity index (χ2n) is 8.26. The molecule has 4 N–H and O–H groups in total. The fourth-order valence-corrected chi connectivity index (χ4v) is 3.33. The van der Waals surface area contributed by atoms with E-state index in [0.717, 1.165) is 5.56 Å². The molecule has 1 fully saturated rings. The molecule has 0 aromatic heterocycles. The van der Waals surface area contributed by atoms with E-state index in [9.17, 15) is 30.0 Å². The number of benzene rings is 2. The largest absolute Gasteiger partial charge is 0.489 e. The zero-order valence-electron chi connectivity index (χ0n) is 19.4. The van der Waals surface area contributed by atoms with Crippen LogP contribution in [0.15, 0.2) is 42.5 Å². The number of aliphatic hydroxyl groups excluding tert-OH is 4. The molecule has 2 aromatic carbocycles. The summed E-state index contributed by atoms with van der Waals surface area (Å²) < 4.78 is 21.8. The highest BCUT2D eigenvalue weighted by Gasteiger charge is 2.43. The maximum absolute atomic E-state index is 12.0. The highest BCUT2D eigenvalue weighted by atomic mass is 16.7. The standard InChI is InChI=1S/C25H30O10/c1-3-18(27)13-33-24(31)16-6-4-15(5-7-16)12-32-19-8-9-20(17(10-19)11-26)35-25-23(30)22(29)21(28)14(2)34-25/h4-11,14,18,21-23,25,27-30H,3,12-13H2,1-2H3/t14?,18?,21-,22?,23?,25+/m1/s1. The quantitative estimate of drug-likeness (QED) is 0.282. The van der Waals surface area contributed by atoms with Gasteiger partial charge >= 0.3 is 5.97 Å². The van der Waals surface area contributed by atoms with Gasteiger partial charge in [0.05, 0.1) is 23.3 Å². The van der Waals surface area contributed by atoms with E-state index in [4.69, 9.17) is 18.9 Å². The number of esters is 1. The number of hydrogen-bond donors (Lipinski definition) is 4. The molecule has 0 radical (unpaired) electrons. The molecule has 0 amide bonds. The summed E-state index contributed by atoms with van der Waals surface area (Å²) in [6, 6.07) is 11.1. The molecule has 1 heterocycles. The molecule has 4 unspecified atom stereocenters. The van der Waals surface area contributed by atoms with Crippen LogP contribution in [-0.4, -0.2) is 76.1 Å². The van der Waals surface area contributed by atoms with Crippen molar-refractivity contribution in [3.63, 3.8) is 0 Å². The second-order valence-corrected chi connectivity index (χ2v) is 8.26. The van der Waals surface area contributed by atoms with Crippen molar-refractivity contribution < 1.29 is 49.0 Å². The molecular weight excluding hydrogens is 460 g/mol. The van der Waals surface area contributed by atoms with E-state index in [0.29, 0.717) is 24.0 Å². The van der Waals surface area contributed by atoms with Crippen LogP contribution in [0.3, 0.4) is 0 Å². The normalized spacial score (nSPS) is 24.9. The van der Waals surface area contributed by atoms with Crippen molar-refractivity contribution in [2.75, 3.05) is 6.61 Å². The number of rotatable bonds is 10. The Morgan fingerprint density at radius 3 is 2.46 bits per heavy atom. The van der Waals surface area contributed by atoms with Gasteiger partial charge in [-0.25, -0.2) is 4.79 Å². The zero-order valence-corrected chi connectivity index (χ0v) is 19.4. The highest BCUT2D eigenvalue weighted by molar-refractivity contribution is 5.89. The molecule has 10 heteroatoms. The SMILES string of the molecule is CCC(O)COC(=O)c1ccc(COc2ccc(O[C@@H]3OC(C)[C@@H](O)C(O)C3O)c(C=O)c2)cc1. The predicted molar refractivity (Wildman–Crippen MR) is 122 cm³/mol. The smallest absolute Gasteiger partial charge is 0.338 e. The van der Waals surface area contributed by atoms with E-state index >= 15 is 0 Å². The molecule has 0 bridgehead atoms. The fourth-order valence-electron chi connectivity index (χ4n) is 3.33. The van der Waals surface area contributed by atoms with Gasteiger partial charge in [0.2, 0.25) is 6.29 Å². The van der Waals surface area contributed by atoms with Crippen molar-refractivity contribution in [2.45, 2.75) is 63.7 Å². The van der Waals surface area contributed by atoms with Crippen LogP contribution in [0.5, 0.6) is 11.5 Å². The molecule has 1 aliphatic heterocycles. The second kappa shape index (κ2) is 12.1. The van der Waals surface area contributed by atoms with Gasteiger partial charge in [0, 0.05) is 0 Å². The Balaban J connectivity index is 1.59. The lowest BCUT2D eigenvalue weighted by Gasteiger charge is -2.39. The predicted octanol–water partition coefficient (Wildman–Crippen LogP) is 1.21. The maximum Gasteiger partial charge on any atom is 0.338 e. The topological polar surface area (TPSA) is 152 Å². The molecule has 0 saturated carbocycles. The van der Waals surface area contributed by atoms with Gasteiger partial charge in [0.15, 0.2) is 6.29 Å². The molecule has 35 heavy (non-hydrogen) atoms. The third-order valence-corrected chi connectivity index (χ3v) is 5.63. The van der Waals surface area contributed by atoms with Crippen molar-refractivity contribution in [2.24, 2.45) is 0 Å². The minimum atomic E-state index is -1.51. The van der Waals surface area contributed by atoms with Crippen molar-refractivity contribution >= 4 is 12.3 Å².